The molecule has 7 rings (SSSR count). The van der Waals surface area contributed by atoms with E-state index < -0.39 is 0 Å². The highest BCUT2D eigenvalue weighted by atomic mass is 35.5. The molecule has 3 aliphatic rings. The van der Waals surface area contributed by atoms with Crippen LogP contribution in [0.4, 0.5) is 22.7 Å². The van der Waals surface area contributed by atoms with Crippen molar-refractivity contribution in [3.05, 3.63) is 70.7 Å². The minimum Gasteiger partial charge on any atom is -0.362 e. The smallest absolute Gasteiger partial charge is 0.112 e. The van der Waals surface area contributed by atoms with Gasteiger partial charge in [-0.15, -0.1) is 0 Å². The number of nitrogens with one attached hydrogen (secondary N) is 4. The monoisotopic (exact) mass is 460 g/mol. The Kier molecular flexibility index (Phi) is 3.73. The Bertz CT molecular complexity index is 1300. The van der Waals surface area contributed by atoms with E-state index in [0.29, 0.717) is 0 Å². The third-order valence-corrected chi connectivity index (χ3v) is 7.94. The summed E-state index contributed by atoms with van der Waals surface area (Å²) in [5.41, 5.74) is 4.04. The summed E-state index contributed by atoms with van der Waals surface area (Å²) >= 11 is 13.0. The van der Waals surface area contributed by atoms with Crippen LogP contribution in [0.2, 0.25) is 10.0 Å². The molecule has 0 saturated heterocycles. The van der Waals surface area contributed by atoms with Gasteiger partial charge in [-0.3, -0.25) is 0 Å². The average molecular weight is 461 g/mol. The van der Waals surface area contributed by atoms with Gasteiger partial charge in [0.2, 0.25) is 0 Å². The molecular weight excluding hydrogens is 439 g/mol. The maximum atomic E-state index is 6.49. The van der Waals surface area contributed by atoms with Crippen LogP contribution in [0.1, 0.15) is 25.7 Å². The van der Waals surface area contributed by atoms with Crippen molar-refractivity contribution in [3.63, 3.8) is 0 Å². The zero-order valence-electron chi connectivity index (χ0n) is 17.4. The molecule has 2 aliphatic heterocycles. The largest absolute Gasteiger partial charge is 0.362 e. The van der Waals surface area contributed by atoms with E-state index in [4.69, 9.17) is 23.2 Å². The molecule has 0 amide bonds. The Balaban J connectivity index is 1.30. The van der Waals surface area contributed by atoms with E-state index in [1.807, 2.05) is 12.1 Å². The van der Waals surface area contributed by atoms with Crippen LogP contribution in [0, 0.1) is 0 Å². The minimum atomic E-state index is -0.259. The van der Waals surface area contributed by atoms with Gasteiger partial charge >= 0.3 is 0 Å². The molecule has 2 atom stereocenters. The molecule has 2 spiro atoms. The van der Waals surface area contributed by atoms with Crippen molar-refractivity contribution in [2.45, 2.75) is 37.0 Å². The summed E-state index contributed by atoms with van der Waals surface area (Å²) in [7, 11) is 0. The Morgan fingerprint density at radius 2 is 1.00 bits per heavy atom. The first kappa shape index (κ1) is 18.7. The lowest BCUT2D eigenvalue weighted by atomic mass is 9.77. The standard InChI is InChI=1S/C26H22Cl2N4/c27-17-8-10-21-23-15(17)4-1-6-19(23)29-25(31-21)12-3-13-26(14-25)30-20-7-2-5-16-18(28)9-11-22(32-26)24(16)20/h1-2,4-11,29-32H,3,12-14H2. The first-order valence-corrected chi connectivity index (χ1v) is 11.9. The molecule has 0 aromatic heterocycles. The van der Waals surface area contributed by atoms with E-state index in [9.17, 15) is 0 Å². The van der Waals surface area contributed by atoms with E-state index >= 15 is 0 Å². The predicted octanol–water partition coefficient (Wildman–Crippen LogP) is 7.64. The second-order valence-electron chi connectivity index (χ2n) is 9.34. The zero-order valence-corrected chi connectivity index (χ0v) is 18.9. The molecule has 1 aliphatic carbocycles. The first-order chi connectivity index (χ1) is 15.5. The molecule has 4 aromatic rings. The second kappa shape index (κ2) is 6.37. The van der Waals surface area contributed by atoms with Crippen LogP contribution in [0.3, 0.4) is 0 Å². The molecule has 0 radical (unpaired) electrons. The van der Waals surface area contributed by atoms with Crippen LogP contribution in [-0.2, 0) is 0 Å². The quantitative estimate of drug-likeness (QED) is 0.217. The van der Waals surface area contributed by atoms with Gasteiger partial charge in [-0.25, -0.2) is 0 Å². The molecule has 0 bridgehead atoms. The van der Waals surface area contributed by atoms with Crippen LogP contribution < -0.4 is 21.3 Å². The number of hydrogen-bond donors (Lipinski definition) is 4. The van der Waals surface area contributed by atoms with Gasteiger partial charge in [-0.1, -0.05) is 47.5 Å². The number of halogens is 2. The van der Waals surface area contributed by atoms with Crippen molar-refractivity contribution < 1.29 is 0 Å². The van der Waals surface area contributed by atoms with E-state index in [1.54, 1.807) is 0 Å². The molecule has 160 valence electrons. The third kappa shape index (κ3) is 2.57. The van der Waals surface area contributed by atoms with E-state index in [-0.39, 0.29) is 11.3 Å². The fraction of sp³-hybridized carbons (Fsp3) is 0.231. The van der Waals surface area contributed by atoms with Gasteiger partial charge < -0.3 is 21.3 Å². The molecule has 2 unspecified atom stereocenters. The lowest BCUT2D eigenvalue weighted by molar-refractivity contribution is 0.268. The fourth-order valence-corrected chi connectivity index (χ4v) is 6.50. The van der Waals surface area contributed by atoms with Crippen molar-refractivity contribution >= 4 is 67.5 Å². The lowest BCUT2D eigenvalue weighted by Gasteiger charge is -2.53. The van der Waals surface area contributed by atoms with Crippen LogP contribution in [0.5, 0.6) is 0 Å². The fourth-order valence-electron chi connectivity index (χ4n) is 6.06. The highest BCUT2D eigenvalue weighted by Crippen LogP contribution is 2.50. The highest BCUT2D eigenvalue weighted by Gasteiger charge is 2.48. The second-order valence-corrected chi connectivity index (χ2v) is 10.2. The summed E-state index contributed by atoms with van der Waals surface area (Å²) in [6.07, 6.45) is 4.02. The molecule has 4 aromatic carbocycles. The number of rotatable bonds is 0. The lowest BCUT2D eigenvalue weighted by Crippen LogP contribution is -2.62. The van der Waals surface area contributed by atoms with E-state index in [1.165, 1.54) is 10.8 Å². The molecule has 1 fully saturated rings. The summed E-state index contributed by atoms with van der Waals surface area (Å²) in [6.45, 7) is 0. The van der Waals surface area contributed by atoms with Crippen molar-refractivity contribution in [1.82, 2.24) is 0 Å². The molecular formula is C26H22Cl2N4. The van der Waals surface area contributed by atoms with Gasteiger partial charge in [0.05, 0.1) is 0 Å². The van der Waals surface area contributed by atoms with E-state index in [0.717, 1.165) is 69.3 Å². The summed E-state index contributed by atoms with van der Waals surface area (Å²) < 4.78 is 0. The average Bonchev–Trinajstić information content (AvgIpc) is 2.78. The van der Waals surface area contributed by atoms with Gasteiger partial charge in [0.1, 0.15) is 11.3 Å². The zero-order chi connectivity index (χ0) is 21.5. The molecule has 4 nitrogen and oxygen atoms in total. The minimum absolute atomic E-state index is 0.259. The van der Waals surface area contributed by atoms with Crippen molar-refractivity contribution in [2.24, 2.45) is 0 Å². The van der Waals surface area contributed by atoms with Crippen molar-refractivity contribution in [2.75, 3.05) is 21.3 Å². The Morgan fingerprint density at radius 1 is 0.562 bits per heavy atom. The molecule has 1 saturated carbocycles. The summed E-state index contributed by atoms with van der Waals surface area (Å²) in [5, 5.41) is 21.5. The molecule has 32 heavy (non-hydrogen) atoms. The Hall–Kier alpha value is -2.82. The molecule has 2 heterocycles. The van der Waals surface area contributed by atoms with Crippen LogP contribution in [0.15, 0.2) is 60.7 Å². The van der Waals surface area contributed by atoms with Crippen molar-refractivity contribution in [3.8, 4) is 0 Å². The van der Waals surface area contributed by atoms with Crippen LogP contribution in [0.25, 0.3) is 21.5 Å². The molecule has 6 heteroatoms. The SMILES string of the molecule is Clc1ccc2c3c(cccc13)NC1(CCCC3(C1)Nc1cccc4c(Cl)ccc(c14)N3)N2. The van der Waals surface area contributed by atoms with Gasteiger partial charge in [-0.05, 0) is 55.7 Å². The number of benzene rings is 4. The van der Waals surface area contributed by atoms with Crippen LogP contribution >= 0.6 is 23.2 Å². The topological polar surface area (TPSA) is 48.1 Å². The summed E-state index contributed by atoms with van der Waals surface area (Å²) in [5.74, 6) is 0. The van der Waals surface area contributed by atoms with Gasteiger partial charge in [-0.2, -0.15) is 0 Å². The normalized spacial score (nSPS) is 25.3. The third-order valence-electron chi connectivity index (χ3n) is 7.28. The summed E-state index contributed by atoms with van der Waals surface area (Å²) in [4.78, 5) is 0. The maximum Gasteiger partial charge on any atom is 0.112 e. The van der Waals surface area contributed by atoms with Gasteiger partial charge in [0, 0.05) is 60.8 Å². The first-order valence-electron chi connectivity index (χ1n) is 11.1. The summed E-state index contributed by atoms with van der Waals surface area (Å²) in [6, 6.07) is 20.8. The molecule has 4 N–H and O–H groups in total. The van der Waals surface area contributed by atoms with Gasteiger partial charge in [0.25, 0.3) is 0 Å². The Morgan fingerprint density at radius 3 is 1.47 bits per heavy atom. The van der Waals surface area contributed by atoms with Gasteiger partial charge in [0.15, 0.2) is 0 Å². The Labute approximate surface area is 196 Å². The van der Waals surface area contributed by atoms with Crippen LogP contribution in [-0.4, -0.2) is 11.3 Å². The number of hydrogen-bond acceptors (Lipinski definition) is 4. The predicted molar refractivity (Wildman–Crippen MR) is 136 cm³/mol. The maximum absolute atomic E-state index is 6.49. The van der Waals surface area contributed by atoms with E-state index in [2.05, 4.69) is 69.8 Å². The van der Waals surface area contributed by atoms with Crippen molar-refractivity contribution in [1.29, 1.82) is 0 Å². The number of anilines is 4. The highest BCUT2D eigenvalue weighted by molar-refractivity contribution is 6.37.